The van der Waals surface area contributed by atoms with Crippen LogP contribution in [0.1, 0.15) is 19.3 Å². The first kappa shape index (κ1) is 16.3. The fourth-order valence-corrected chi connectivity index (χ4v) is 2.50. The van der Waals surface area contributed by atoms with Gasteiger partial charge in [0.05, 0.1) is 6.54 Å². The molecule has 1 fully saturated rings. The molecule has 1 atom stereocenters. The Morgan fingerprint density at radius 3 is 2.68 bits per heavy atom. The molecule has 0 bridgehead atoms. The molecule has 1 saturated heterocycles. The van der Waals surface area contributed by atoms with Gasteiger partial charge in [0.2, 0.25) is 0 Å². The number of hydrogen-bond donors (Lipinski definition) is 1. The minimum absolute atomic E-state index is 0.0162. The first-order valence-electron chi connectivity index (χ1n) is 7.47. The third kappa shape index (κ3) is 5.04. The zero-order chi connectivity index (χ0) is 15.8. The van der Waals surface area contributed by atoms with Gasteiger partial charge in [-0.3, -0.25) is 14.5 Å². The predicted octanol–water partition coefficient (Wildman–Crippen LogP) is 1.55. The quantitative estimate of drug-likeness (QED) is 0.608. The van der Waals surface area contributed by atoms with Gasteiger partial charge in [-0.2, -0.15) is 0 Å². The zero-order valence-electron chi connectivity index (χ0n) is 12.4. The number of esters is 1. The molecule has 6 nitrogen and oxygen atoms in total. The van der Waals surface area contributed by atoms with E-state index in [-0.39, 0.29) is 19.8 Å². The normalized spacial score (nSPS) is 18.6. The van der Waals surface area contributed by atoms with Crippen molar-refractivity contribution < 1.29 is 24.2 Å². The molecule has 1 unspecified atom stereocenters. The van der Waals surface area contributed by atoms with Crippen LogP contribution in [-0.4, -0.2) is 54.3 Å². The van der Waals surface area contributed by atoms with E-state index in [1.54, 1.807) is 4.90 Å². The van der Waals surface area contributed by atoms with E-state index in [2.05, 4.69) is 0 Å². The maximum absolute atomic E-state index is 11.8. The number of aliphatic carboxylic acids is 1. The lowest BCUT2D eigenvalue weighted by molar-refractivity contribution is -0.151. The van der Waals surface area contributed by atoms with E-state index in [9.17, 15) is 9.59 Å². The molecule has 0 spiro atoms. The molecule has 22 heavy (non-hydrogen) atoms. The van der Waals surface area contributed by atoms with Gasteiger partial charge in [-0.05, 0) is 31.5 Å². The summed E-state index contributed by atoms with van der Waals surface area (Å²) in [5, 5.41) is 9.15. The molecule has 0 aliphatic carbocycles. The molecule has 1 heterocycles. The Kier molecular flexibility index (Phi) is 6.21. The molecule has 0 saturated carbocycles. The largest absolute Gasteiger partial charge is 0.490 e. The van der Waals surface area contributed by atoms with Crippen LogP contribution < -0.4 is 4.74 Å². The highest BCUT2D eigenvalue weighted by molar-refractivity contribution is 5.76. The summed E-state index contributed by atoms with van der Waals surface area (Å²) in [5.74, 6) is -0.565. The van der Waals surface area contributed by atoms with Crippen LogP contribution in [0.2, 0.25) is 0 Å². The Morgan fingerprint density at radius 2 is 1.95 bits per heavy atom. The van der Waals surface area contributed by atoms with Gasteiger partial charge in [0.15, 0.2) is 0 Å². The van der Waals surface area contributed by atoms with Crippen molar-refractivity contribution in [1.82, 2.24) is 4.90 Å². The van der Waals surface area contributed by atoms with E-state index in [1.165, 1.54) is 0 Å². The van der Waals surface area contributed by atoms with Gasteiger partial charge in [0, 0.05) is 0 Å². The Morgan fingerprint density at radius 1 is 1.18 bits per heavy atom. The molecule has 0 aromatic heterocycles. The van der Waals surface area contributed by atoms with Crippen LogP contribution in [0.15, 0.2) is 30.3 Å². The number of benzene rings is 1. The number of hydrogen-bond acceptors (Lipinski definition) is 5. The SMILES string of the molecule is O=C(CN1CCCCC1C(=O)O)OCCOc1ccccc1. The van der Waals surface area contributed by atoms with Gasteiger partial charge in [0.25, 0.3) is 0 Å². The summed E-state index contributed by atoms with van der Waals surface area (Å²) in [6, 6.07) is 8.69. The summed E-state index contributed by atoms with van der Waals surface area (Å²) >= 11 is 0. The first-order valence-corrected chi connectivity index (χ1v) is 7.47. The number of carboxylic acids is 1. The van der Waals surface area contributed by atoms with E-state index in [1.807, 2.05) is 30.3 Å². The van der Waals surface area contributed by atoms with Crippen LogP contribution in [0, 0.1) is 0 Å². The van der Waals surface area contributed by atoms with Gasteiger partial charge in [-0.15, -0.1) is 0 Å². The van der Waals surface area contributed by atoms with Crippen molar-refractivity contribution in [2.75, 3.05) is 26.3 Å². The summed E-state index contributed by atoms with van der Waals surface area (Å²) < 4.78 is 10.5. The number of carboxylic acid groups (broad SMARTS) is 1. The summed E-state index contributed by atoms with van der Waals surface area (Å²) in [6.45, 7) is 1.06. The van der Waals surface area contributed by atoms with Crippen LogP contribution in [0.3, 0.4) is 0 Å². The first-order chi connectivity index (χ1) is 10.7. The van der Waals surface area contributed by atoms with Crippen molar-refractivity contribution >= 4 is 11.9 Å². The maximum Gasteiger partial charge on any atom is 0.320 e. The molecular formula is C16H21NO5. The third-order valence-corrected chi connectivity index (χ3v) is 3.59. The summed E-state index contributed by atoms with van der Waals surface area (Å²) in [4.78, 5) is 24.6. The standard InChI is InChI=1S/C16H21NO5/c18-15(12-17-9-5-4-8-14(17)16(19)20)22-11-10-21-13-6-2-1-3-7-13/h1-3,6-7,14H,4-5,8-12H2,(H,19,20). The number of likely N-dealkylation sites (tertiary alicyclic amines) is 1. The molecule has 1 N–H and O–H groups in total. The van der Waals surface area contributed by atoms with E-state index in [4.69, 9.17) is 14.6 Å². The molecule has 1 aliphatic rings. The van der Waals surface area contributed by atoms with Crippen molar-refractivity contribution in [1.29, 1.82) is 0 Å². The molecule has 120 valence electrons. The predicted molar refractivity (Wildman–Crippen MR) is 79.7 cm³/mol. The molecule has 2 rings (SSSR count). The Balaban J connectivity index is 1.67. The molecule has 0 radical (unpaired) electrons. The Hall–Kier alpha value is -2.08. The van der Waals surface area contributed by atoms with Crippen LogP contribution in [0.5, 0.6) is 5.75 Å². The molecular weight excluding hydrogens is 286 g/mol. The van der Waals surface area contributed by atoms with Crippen molar-refractivity contribution in [2.24, 2.45) is 0 Å². The fourth-order valence-electron chi connectivity index (χ4n) is 2.50. The van der Waals surface area contributed by atoms with Gasteiger partial charge in [-0.25, -0.2) is 0 Å². The van der Waals surface area contributed by atoms with E-state index in [0.29, 0.717) is 13.0 Å². The Bertz CT molecular complexity index is 491. The molecule has 0 amide bonds. The summed E-state index contributed by atoms with van der Waals surface area (Å²) in [6.07, 6.45) is 2.38. The summed E-state index contributed by atoms with van der Waals surface area (Å²) in [5.41, 5.74) is 0. The molecule has 1 aromatic carbocycles. The minimum Gasteiger partial charge on any atom is -0.490 e. The van der Waals surface area contributed by atoms with Crippen LogP contribution >= 0.6 is 0 Å². The van der Waals surface area contributed by atoms with Gasteiger partial charge >= 0.3 is 11.9 Å². The molecule has 6 heteroatoms. The van der Waals surface area contributed by atoms with E-state index < -0.39 is 18.0 Å². The number of carbonyl (C=O) groups excluding carboxylic acids is 1. The Labute approximate surface area is 129 Å². The lowest BCUT2D eigenvalue weighted by Gasteiger charge is -2.31. The average molecular weight is 307 g/mol. The maximum atomic E-state index is 11.8. The van der Waals surface area contributed by atoms with Crippen LogP contribution in [0.25, 0.3) is 0 Å². The highest BCUT2D eigenvalue weighted by atomic mass is 16.6. The summed E-state index contributed by atoms with van der Waals surface area (Å²) in [7, 11) is 0. The van der Waals surface area contributed by atoms with Gasteiger partial charge < -0.3 is 14.6 Å². The van der Waals surface area contributed by atoms with Crippen molar-refractivity contribution in [2.45, 2.75) is 25.3 Å². The van der Waals surface area contributed by atoms with Gasteiger partial charge in [0.1, 0.15) is 25.0 Å². The molecule has 1 aliphatic heterocycles. The number of piperidine rings is 1. The fraction of sp³-hybridized carbons (Fsp3) is 0.500. The van der Waals surface area contributed by atoms with Crippen molar-refractivity contribution in [3.05, 3.63) is 30.3 Å². The average Bonchev–Trinajstić information content (AvgIpc) is 2.53. The topological polar surface area (TPSA) is 76.1 Å². The van der Waals surface area contributed by atoms with E-state index >= 15 is 0 Å². The lowest BCUT2D eigenvalue weighted by Crippen LogP contribution is -2.47. The van der Waals surface area contributed by atoms with Crippen LogP contribution in [-0.2, 0) is 14.3 Å². The van der Waals surface area contributed by atoms with E-state index in [0.717, 1.165) is 18.6 Å². The van der Waals surface area contributed by atoms with Crippen molar-refractivity contribution in [3.63, 3.8) is 0 Å². The number of ether oxygens (including phenoxy) is 2. The second-order valence-electron chi connectivity index (χ2n) is 5.20. The zero-order valence-corrected chi connectivity index (χ0v) is 12.4. The highest BCUT2D eigenvalue weighted by Crippen LogP contribution is 2.16. The monoisotopic (exact) mass is 307 g/mol. The number of nitrogens with zero attached hydrogens (tertiary/aromatic N) is 1. The highest BCUT2D eigenvalue weighted by Gasteiger charge is 2.29. The third-order valence-electron chi connectivity index (χ3n) is 3.59. The minimum atomic E-state index is -0.875. The van der Waals surface area contributed by atoms with Gasteiger partial charge in [-0.1, -0.05) is 24.6 Å². The molecule has 1 aromatic rings. The second kappa shape index (κ2) is 8.38. The lowest BCUT2D eigenvalue weighted by atomic mass is 10.0. The second-order valence-corrected chi connectivity index (χ2v) is 5.20. The number of para-hydroxylation sites is 1. The van der Waals surface area contributed by atoms with Crippen molar-refractivity contribution in [3.8, 4) is 5.75 Å². The van der Waals surface area contributed by atoms with Crippen LogP contribution in [0.4, 0.5) is 0 Å². The smallest absolute Gasteiger partial charge is 0.320 e. The number of rotatable bonds is 7. The number of carbonyl (C=O) groups is 2.